The fraction of sp³-hybridized carbons (Fsp3) is 0.278. The summed E-state index contributed by atoms with van der Waals surface area (Å²) in [6, 6.07) is 16.8. The number of halogens is 1. The summed E-state index contributed by atoms with van der Waals surface area (Å²) >= 11 is 5.92. The third kappa shape index (κ3) is 3.38. The largest absolute Gasteiger partial charge is 0.379 e. The van der Waals surface area contributed by atoms with Crippen molar-refractivity contribution in [3.63, 3.8) is 0 Å². The van der Waals surface area contributed by atoms with Gasteiger partial charge in [0.1, 0.15) is 0 Å². The molecule has 0 N–H and O–H groups in total. The molecule has 0 spiro atoms. The number of Topliss-reactive ketones (excluding diaryl/α,β-unsaturated/α-hetero) is 1. The van der Waals surface area contributed by atoms with E-state index >= 15 is 0 Å². The van der Waals surface area contributed by atoms with Crippen molar-refractivity contribution in [2.45, 2.75) is 6.04 Å². The summed E-state index contributed by atoms with van der Waals surface area (Å²) in [4.78, 5) is 15.2. The van der Waals surface area contributed by atoms with Crippen LogP contribution >= 0.6 is 11.6 Å². The molecule has 0 aliphatic carbocycles. The van der Waals surface area contributed by atoms with Crippen LogP contribution in [0.5, 0.6) is 0 Å². The van der Waals surface area contributed by atoms with Gasteiger partial charge in [0.2, 0.25) is 0 Å². The molecule has 2 aromatic rings. The Morgan fingerprint density at radius 1 is 1.00 bits per heavy atom. The van der Waals surface area contributed by atoms with Gasteiger partial charge in [-0.25, -0.2) is 0 Å². The maximum Gasteiger partial charge on any atom is 0.184 e. The van der Waals surface area contributed by atoms with E-state index in [1.54, 1.807) is 24.3 Å². The highest BCUT2D eigenvalue weighted by molar-refractivity contribution is 6.30. The molecule has 0 bridgehead atoms. The zero-order chi connectivity index (χ0) is 15.4. The fourth-order valence-corrected chi connectivity index (χ4v) is 2.90. The highest BCUT2D eigenvalue weighted by atomic mass is 35.5. The molecule has 3 rings (SSSR count). The first kappa shape index (κ1) is 15.2. The van der Waals surface area contributed by atoms with Gasteiger partial charge in [-0.15, -0.1) is 0 Å². The molecule has 2 aromatic carbocycles. The van der Waals surface area contributed by atoms with Gasteiger partial charge in [0.05, 0.1) is 19.3 Å². The summed E-state index contributed by atoms with van der Waals surface area (Å²) in [5, 5.41) is 0.638. The van der Waals surface area contributed by atoms with Gasteiger partial charge < -0.3 is 4.74 Å². The standard InChI is InChI=1S/C18H18ClNO2/c19-16-8-6-15(7-9-16)18(21)17(14-4-2-1-3-5-14)20-10-12-22-13-11-20/h1-9,17H,10-13H2. The normalized spacial score (nSPS) is 17.1. The van der Waals surface area contributed by atoms with E-state index in [0.717, 1.165) is 18.7 Å². The monoisotopic (exact) mass is 315 g/mol. The number of carbonyl (C=O) groups is 1. The molecule has 114 valence electrons. The van der Waals surface area contributed by atoms with Gasteiger partial charge in [-0.05, 0) is 29.8 Å². The molecule has 1 heterocycles. The number of ether oxygens (including phenoxy) is 1. The van der Waals surface area contributed by atoms with Crippen molar-refractivity contribution in [1.29, 1.82) is 0 Å². The summed E-state index contributed by atoms with van der Waals surface area (Å²) < 4.78 is 5.42. The fourth-order valence-electron chi connectivity index (χ4n) is 2.77. The van der Waals surface area contributed by atoms with Gasteiger partial charge in [-0.3, -0.25) is 9.69 Å². The lowest BCUT2D eigenvalue weighted by atomic mass is 9.95. The quantitative estimate of drug-likeness (QED) is 0.807. The molecule has 3 nitrogen and oxygen atoms in total. The van der Waals surface area contributed by atoms with Crippen molar-refractivity contribution >= 4 is 17.4 Å². The molecule has 4 heteroatoms. The Kier molecular flexibility index (Phi) is 4.88. The second-order valence-electron chi connectivity index (χ2n) is 5.33. The average Bonchev–Trinajstić information content (AvgIpc) is 2.57. The third-order valence-electron chi connectivity index (χ3n) is 3.90. The van der Waals surface area contributed by atoms with Gasteiger partial charge in [0.15, 0.2) is 5.78 Å². The van der Waals surface area contributed by atoms with Crippen molar-refractivity contribution in [2.24, 2.45) is 0 Å². The van der Waals surface area contributed by atoms with Crippen LogP contribution in [0.4, 0.5) is 0 Å². The second-order valence-corrected chi connectivity index (χ2v) is 5.77. The maximum atomic E-state index is 13.0. The summed E-state index contributed by atoms with van der Waals surface area (Å²) in [6.07, 6.45) is 0. The number of hydrogen-bond donors (Lipinski definition) is 0. The van der Waals surface area contributed by atoms with Gasteiger partial charge in [-0.1, -0.05) is 41.9 Å². The molecule has 0 radical (unpaired) electrons. The Balaban J connectivity index is 1.93. The van der Waals surface area contributed by atoms with Crippen molar-refractivity contribution in [3.8, 4) is 0 Å². The zero-order valence-electron chi connectivity index (χ0n) is 12.2. The van der Waals surface area contributed by atoms with E-state index in [-0.39, 0.29) is 11.8 Å². The third-order valence-corrected chi connectivity index (χ3v) is 4.16. The SMILES string of the molecule is O=C(c1ccc(Cl)cc1)C(c1ccccc1)N1CCOCC1. The topological polar surface area (TPSA) is 29.5 Å². The lowest BCUT2D eigenvalue weighted by Gasteiger charge is -2.33. The smallest absolute Gasteiger partial charge is 0.184 e. The number of nitrogens with zero attached hydrogens (tertiary/aromatic N) is 1. The molecule has 22 heavy (non-hydrogen) atoms. The van der Waals surface area contributed by atoms with Crippen LogP contribution in [-0.4, -0.2) is 37.0 Å². The summed E-state index contributed by atoms with van der Waals surface area (Å²) in [5.74, 6) is 0.102. The Morgan fingerprint density at radius 3 is 2.27 bits per heavy atom. The van der Waals surface area contributed by atoms with Crippen LogP contribution in [0.15, 0.2) is 54.6 Å². The number of rotatable bonds is 4. The molecule has 1 unspecified atom stereocenters. The molecule has 0 saturated carbocycles. The zero-order valence-corrected chi connectivity index (χ0v) is 13.0. The Bertz CT molecular complexity index is 621. The highest BCUT2D eigenvalue weighted by Gasteiger charge is 2.29. The molecular weight excluding hydrogens is 298 g/mol. The van der Waals surface area contributed by atoms with Crippen molar-refractivity contribution < 1.29 is 9.53 Å². The van der Waals surface area contributed by atoms with Crippen molar-refractivity contribution in [3.05, 3.63) is 70.7 Å². The molecule has 1 aliphatic rings. The van der Waals surface area contributed by atoms with Crippen LogP contribution in [-0.2, 0) is 4.74 Å². The molecule has 0 amide bonds. The Hall–Kier alpha value is -1.68. The molecule has 1 saturated heterocycles. The molecule has 1 fully saturated rings. The van der Waals surface area contributed by atoms with Crippen LogP contribution < -0.4 is 0 Å². The number of hydrogen-bond acceptors (Lipinski definition) is 3. The van der Waals surface area contributed by atoms with Gasteiger partial charge >= 0.3 is 0 Å². The number of benzene rings is 2. The van der Waals surface area contributed by atoms with Crippen LogP contribution in [0.1, 0.15) is 22.0 Å². The first-order valence-electron chi connectivity index (χ1n) is 7.42. The lowest BCUT2D eigenvalue weighted by Crippen LogP contribution is -2.42. The van der Waals surface area contributed by atoms with E-state index < -0.39 is 0 Å². The first-order valence-corrected chi connectivity index (χ1v) is 7.80. The Labute approximate surface area is 135 Å². The van der Waals surface area contributed by atoms with E-state index in [0.29, 0.717) is 23.8 Å². The maximum absolute atomic E-state index is 13.0. The molecule has 1 atom stereocenters. The van der Waals surface area contributed by atoms with Gasteiger partial charge in [0.25, 0.3) is 0 Å². The minimum Gasteiger partial charge on any atom is -0.379 e. The summed E-state index contributed by atoms with van der Waals surface area (Å²) in [6.45, 7) is 2.85. The number of morpholine rings is 1. The molecule has 0 aromatic heterocycles. The van der Waals surface area contributed by atoms with E-state index in [9.17, 15) is 4.79 Å². The lowest BCUT2D eigenvalue weighted by molar-refractivity contribution is 0.0172. The van der Waals surface area contributed by atoms with Gasteiger partial charge in [-0.2, -0.15) is 0 Å². The number of carbonyl (C=O) groups excluding carboxylic acids is 1. The van der Waals surface area contributed by atoms with Crippen LogP contribution in [0.3, 0.4) is 0 Å². The van der Waals surface area contributed by atoms with E-state index in [1.165, 1.54) is 0 Å². The minimum absolute atomic E-state index is 0.102. The van der Waals surface area contributed by atoms with Crippen molar-refractivity contribution in [1.82, 2.24) is 4.90 Å². The average molecular weight is 316 g/mol. The first-order chi connectivity index (χ1) is 10.8. The van der Waals surface area contributed by atoms with Crippen LogP contribution in [0.2, 0.25) is 5.02 Å². The highest BCUT2D eigenvalue weighted by Crippen LogP contribution is 2.26. The van der Waals surface area contributed by atoms with Crippen molar-refractivity contribution in [2.75, 3.05) is 26.3 Å². The second kappa shape index (κ2) is 7.05. The van der Waals surface area contributed by atoms with E-state index in [4.69, 9.17) is 16.3 Å². The predicted molar refractivity (Wildman–Crippen MR) is 87.4 cm³/mol. The van der Waals surface area contributed by atoms with Crippen LogP contribution in [0.25, 0.3) is 0 Å². The number of ketones is 1. The molecule has 1 aliphatic heterocycles. The summed E-state index contributed by atoms with van der Waals surface area (Å²) in [7, 11) is 0. The minimum atomic E-state index is -0.272. The summed E-state index contributed by atoms with van der Waals surface area (Å²) in [5.41, 5.74) is 1.70. The van der Waals surface area contributed by atoms with E-state index in [1.807, 2.05) is 30.3 Å². The van der Waals surface area contributed by atoms with E-state index in [2.05, 4.69) is 4.90 Å². The molecular formula is C18H18ClNO2. The van der Waals surface area contributed by atoms with Crippen LogP contribution in [0, 0.1) is 0 Å². The van der Waals surface area contributed by atoms with Gasteiger partial charge in [0, 0.05) is 23.7 Å². The predicted octanol–water partition coefficient (Wildman–Crippen LogP) is 3.60. The Morgan fingerprint density at radius 2 is 1.64 bits per heavy atom.